The van der Waals surface area contributed by atoms with Crippen molar-refractivity contribution in [1.82, 2.24) is 10.5 Å². The first-order valence-corrected chi connectivity index (χ1v) is 6.62. The van der Waals surface area contributed by atoms with Gasteiger partial charge in [-0.3, -0.25) is 4.79 Å². The third-order valence-corrected chi connectivity index (χ3v) is 3.26. The SMILES string of the molecule is Cc1cc(CNC(=O)c2cc3ccccc3cc2N)on1. The third kappa shape index (κ3) is 2.72. The van der Waals surface area contributed by atoms with Crippen LogP contribution in [0.15, 0.2) is 47.0 Å². The number of nitrogen functional groups attached to an aromatic ring is 1. The molecule has 0 bridgehead atoms. The van der Waals surface area contributed by atoms with Gasteiger partial charge >= 0.3 is 0 Å². The number of hydrogen-bond acceptors (Lipinski definition) is 4. The Morgan fingerprint density at radius 1 is 1.24 bits per heavy atom. The lowest BCUT2D eigenvalue weighted by atomic mass is 10.0. The summed E-state index contributed by atoms with van der Waals surface area (Å²) in [6, 6.07) is 13.2. The Balaban J connectivity index is 1.82. The number of nitrogens with one attached hydrogen (secondary N) is 1. The number of nitrogens with zero attached hydrogens (tertiary/aromatic N) is 1. The first kappa shape index (κ1) is 13.2. The highest BCUT2D eigenvalue weighted by molar-refractivity contribution is 6.03. The maximum Gasteiger partial charge on any atom is 0.253 e. The lowest BCUT2D eigenvalue weighted by Crippen LogP contribution is -2.23. The van der Waals surface area contributed by atoms with Crippen LogP contribution in [0.5, 0.6) is 0 Å². The number of nitrogens with two attached hydrogens (primary N) is 1. The van der Waals surface area contributed by atoms with Gasteiger partial charge in [0.25, 0.3) is 5.91 Å². The van der Waals surface area contributed by atoms with Crippen molar-refractivity contribution < 1.29 is 9.32 Å². The van der Waals surface area contributed by atoms with E-state index in [-0.39, 0.29) is 12.5 Å². The highest BCUT2D eigenvalue weighted by Gasteiger charge is 2.11. The van der Waals surface area contributed by atoms with Gasteiger partial charge in [-0.1, -0.05) is 29.4 Å². The number of fused-ring (bicyclic) bond motifs is 1. The molecule has 1 amide bonds. The summed E-state index contributed by atoms with van der Waals surface area (Å²) in [6.07, 6.45) is 0. The van der Waals surface area contributed by atoms with E-state index in [9.17, 15) is 4.79 Å². The molecule has 5 heteroatoms. The number of amides is 1. The predicted octanol–water partition coefficient (Wildman–Crippen LogP) is 2.65. The fourth-order valence-electron chi connectivity index (χ4n) is 2.22. The molecule has 0 aliphatic heterocycles. The van der Waals surface area contributed by atoms with Crippen molar-refractivity contribution in [3.05, 3.63) is 59.5 Å². The fourth-order valence-corrected chi connectivity index (χ4v) is 2.22. The summed E-state index contributed by atoms with van der Waals surface area (Å²) in [7, 11) is 0. The second kappa shape index (κ2) is 5.28. The van der Waals surface area contributed by atoms with Gasteiger partial charge in [0.2, 0.25) is 0 Å². The maximum absolute atomic E-state index is 12.2. The van der Waals surface area contributed by atoms with Gasteiger partial charge in [0.15, 0.2) is 5.76 Å². The number of benzene rings is 2. The number of carbonyl (C=O) groups excluding carboxylic acids is 1. The van der Waals surface area contributed by atoms with Crippen LogP contribution in [0.3, 0.4) is 0 Å². The average molecular weight is 281 g/mol. The molecule has 106 valence electrons. The lowest BCUT2D eigenvalue weighted by molar-refractivity contribution is 0.0948. The van der Waals surface area contributed by atoms with Crippen LogP contribution in [0.4, 0.5) is 5.69 Å². The molecule has 2 aromatic carbocycles. The fraction of sp³-hybridized carbons (Fsp3) is 0.125. The second-order valence-electron chi connectivity index (χ2n) is 4.90. The molecule has 0 radical (unpaired) electrons. The van der Waals surface area contributed by atoms with E-state index in [1.807, 2.05) is 37.3 Å². The van der Waals surface area contributed by atoms with Gasteiger partial charge < -0.3 is 15.6 Å². The third-order valence-electron chi connectivity index (χ3n) is 3.26. The Bertz CT molecular complexity index is 808. The van der Waals surface area contributed by atoms with Crippen LogP contribution in [-0.4, -0.2) is 11.1 Å². The Morgan fingerprint density at radius 3 is 2.62 bits per heavy atom. The van der Waals surface area contributed by atoms with E-state index in [1.54, 1.807) is 12.1 Å². The Kier molecular flexibility index (Phi) is 3.31. The zero-order chi connectivity index (χ0) is 14.8. The van der Waals surface area contributed by atoms with Crippen LogP contribution in [0.25, 0.3) is 10.8 Å². The predicted molar refractivity (Wildman–Crippen MR) is 80.8 cm³/mol. The molecule has 1 aromatic heterocycles. The minimum Gasteiger partial charge on any atom is -0.398 e. The molecule has 0 aliphatic rings. The van der Waals surface area contributed by atoms with Crippen molar-refractivity contribution in [3.63, 3.8) is 0 Å². The largest absolute Gasteiger partial charge is 0.398 e. The molecule has 0 saturated heterocycles. The van der Waals surface area contributed by atoms with Crippen molar-refractivity contribution in [1.29, 1.82) is 0 Å². The zero-order valence-electron chi connectivity index (χ0n) is 11.6. The number of hydrogen-bond donors (Lipinski definition) is 2. The smallest absolute Gasteiger partial charge is 0.253 e. The van der Waals surface area contributed by atoms with Crippen LogP contribution >= 0.6 is 0 Å². The topological polar surface area (TPSA) is 81.2 Å². The summed E-state index contributed by atoms with van der Waals surface area (Å²) in [5.74, 6) is 0.382. The van der Waals surface area contributed by atoms with Crippen molar-refractivity contribution in [2.24, 2.45) is 0 Å². The number of aromatic nitrogens is 1. The van der Waals surface area contributed by atoms with Gasteiger partial charge in [0.05, 0.1) is 17.8 Å². The van der Waals surface area contributed by atoms with E-state index in [1.165, 1.54) is 0 Å². The number of carbonyl (C=O) groups is 1. The molecule has 3 N–H and O–H groups in total. The molecule has 0 spiro atoms. The van der Waals surface area contributed by atoms with Gasteiger partial charge in [-0.05, 0) is 29.8 Å². The molecule has 21 heavy (non-hydrogen) atoms. The molecule has 0 atom stereocenters. The number of anilines is 1. The maximum atomic E-state index is 12.2. The first-order valence-electron chi connectivity index (χ1n) is 6.62. The van der Waals surface area contributed by atoms with Crippen molar-refractivity contribution in [3.8, 4) is 0 Å². The van der Waals surface area contributed by atoms with E-state index in [0.29, 0.717) is 17.0 Å². The number of rotatable bonds is 3. The monoisotopic (exact) mass is 281 g/mol. The number of aryl methyl sites for hydroxylation is 1. The standard InChI is InChI=1S/C16H15N3O2/c1-10-6-13(21-19-10)9-18-16(20)14-7-11-4-2-3-5-12(11)8-15(14)17/h2-8H,9,17H2,1H3,(H,18,20). The normalized spacial score (nSPS) is 10.7. The van der Waals surface area contributed by atoms with Crippen LogP contribution in [0.2, 0.25) is 0 Å². The van der Waals surface area contributed by atoms with E-state index in [0.717, 1.165) is 16.5 Å². The summed E-state index contributed by atoms with van der Waals surface area (Å²) in [5, 5.41) is 8.55. The van der Waals surface area contributed by atoms with Crippen LogP contribution in [0.1, 0.15) is 21.8 Å². The molecular weight excluding hydrogens is 266 g/mol. The second-order valence-corrected chi connectivity index (χ2v) is 4.90. The molecule has 3 aromatic rings. The summed E-state index contributed by atoms with van der Waals surface area (Å²) in [6.45, 7) is 2.11. The van der Waals surface area contributed by atoms with Gasteiger partial charge in [0, 0.05) is 11.8 Å². The van der Waals surface area contributed by atoms with Crippen molar-refractivity contribution in [2.75, 3.05) is 5.73 Å². The minimum absolute atomic E-state index is 0.229. The van der Waals surface area contributed by atoms with Crippen LogP contribution in [-0.2, 0) is 6.54 Å². The zero-order valence-corrected chi connectivity index (χ0v) is 11.6. The molecule has 5 nitrogen and oxygen atoms in total. The van der Waals surface area contributed by atoms with E-state index >= 15 is 0 Å². The Labute approximate surface area is 121 Å². The van der Waals surface area contributed by atoms with Gasteiger partial charge in [0.1, 0.15) is 0 Å². The van der Waals surface area contributed by atoms with Crippen LogP contribution in [0, 0.1) is 6.92 Å². The van der Waals surface area contributed by atoms with Crippen molar-refractivity contribution >= 4 is 22.4 Å². The van der Waals surface area contributed by atoms with E-state index in [4.69, 9.17) is 10.3 Å². The minimum atomic E-state index is -0.229. The summed E-state index contributed by atoms with van der Waals surface area (Å²) >= 11 is 0. The summed E-state index contributed by atoms with van der Waals surface area (Å²) in [4.78, 5) is 12.2. The van der Waals surface area contributed by atoms with Crippen molar-refractivity contribution in [2.45, 2.75) is 13.5 Å². The average Bonchev–Trinajstić information content (AvgIpc) is 2.89. The van der Waals surface area contributed by atoms with Gasteiger partial charge in [-0.25, -0.2) is 0 Å². The summed E-state index contributed by atoms with van der Waals surface area (Å²) in [5.41, 5.74) is 7.67. The molecule has 0 saturated carbocycles. The van der Waals surface area contributed by atoms with Crippen LogP contribution < -0.4 is 11.1 Å². The highest BCUT2D eigenvalue weighted by Crippen LogP contribution is 2.21. The molecule has 0 unspecified atom stereocenters. The quantitative estimate of drug-likeness (QED) is 0.723. The molecule has 3 rings (SSSR count). The Morgan fingerprint density at radius 2 is 1.95 bits per heavy atom. The molecule has 0 aliphatic carbocycles. The Hall–Kier alpha value is -2.82. The lowest BCUT2D eigenvalue weighted by Gasteiger charge is -2.08. The summed E-state index contributed by atoms with van der Waals surface area (Å²) < 4.78 is 5.06. The van der Waals surface area contributed by atoms with E-state index in [2.05, 4.69) is 10.5 Å². The highest BCUT2D eigenvalue weighted by atomic mass is 16.5. The van der Waals surface area contributed by atoms with E-state index < -0.39 is 0 Å². The molecule has 0 fully saturated rings. The first-order chi connectivity index (χ1) is 10.1. The van der Waals surface area contributed by atoms with Gasteiger partial charge in [-0.2, -0.15) is 0 Å². The molecule has 1 heterocycles. The molecular formula is C16H15N3O2. The van der Waals surface area contributed by atoms with Gasteiger partial charge in [-0.15, -0.1) is 0 Å².